The highest BCUT2D eigenvalue weighted by Crippen LogP contribution is 2.15. The summed E-state index contributed by atoms with van der Waals surface area (Å²) >= 11 is 0. The average Bonchev–Trinajstić information content (AvgIpc) is 2.79. The molecule has 0 spiro atoms. The third-order valence-corrected chi connectivity index (χ3v) is 2.79. The van der Waals surface area contributed by atoms with Crippen molar-refractivity contribution in [1.82, 2.24) is 0 Å². The molecule has 5 nitrogen and oxygen atoms in total. The maximum absolute atomic E-state index is 10.8. The highest BCUT2D eigenvalue weighted by atomic mass is 16.5. The Labute approximate surface area is 99.3 Å². The molecule has 1 aromatic rings. The van der Waals surface area contributed by atoms with Gasteiger partial charge in [-0.25, -0.2) is 4.79 Å². The van der Waals surface area contributed by atoms with Gasteiger partial charge in [0.1, 0.15) is 17.9 Å². The first-order chi connectivity index (χ1) is 8.27. The molecule has 1 aliphatic rings. The van der Waals surface area contributed by atoms with Crippen molar-refractivity contribution in [2.24, 2.45) is 0 Å². The third kappa shape index (κ3) is 3.31. The van der Waals surface area contributed by atoms with Crippen LogP contribution in [0.15, 0.2) is 16.7 Å². The van der Waals surface area contributed by atoms with Crippen molar-refractivity contribution in [2.75, 3.05) is 13.2 Å². The third-order valence-electron chi connectivity index (χ3n) is 2.79. The van der Waals surface area contributed by atoms with Gasteiger partial charge in [0, 0.05) is 6.61 Å². The minimum Gasteiger partial charge on any atom is -0.478 e. The maximum Gasteiger partial charge on any atom is 0.339 e. The van der Waals surface area contributed by atoms with E-state index in [0.29, 0.717) is 12.4 Å². The van der Waals surface area contributed by atoms with E-state index in [1.165, 1.54) is 12.3 Å². The van der Waals surface area contributed by atoms with Crippen LogP contribution in [0.4, 0.5) is 0 Å². The van der Waals surface area contributed by atoms with Crippen LogP contribution in [0.3, 0.4) is 0 Å². The summed E-state index contributed by atoms with van der Waals surface area (Å²) in [4.78, 5) is 10.8. The smallest absolute Gasteiger partial charge is 0.339 e. The van der Waals surface area contributed by atoms with Gasteiger partial charge in [-0.1, -0.05) is 0 Å². The van der Waals surface area contributed by atoms with E-state index < -0.39 is 5.97 Å². The molecule has 0 bridgehead atoms. The van der Waals surface area contributed by atoms with Crippen molar-refractivity contribution in [3.63, 3.8) is 0 Å². The molecule has 2 heterocycles. The molecule has 0 amide bonds. The topological polar surface area (TPSA) is 68.9 Å². The van der Waals surface area contributed by atoms with Gasteiger partial charge in [0.2, 0.25) is 0 Å². The van der Waals surface area contributed by atoms with Crippen molar-refractivity contribution < 1.29 is 23.8 Å². The molecule has 1 aromatic heterocycles. The van der Waals surface area contributed by atoms with E-state index in [2.05, 4.69) is 0 Å². The number of hydrogen-bond donors (Lipinski definition) is 1. The van der Waals surface area contributed by atoms with E-state index in [1.54, 1.807) is 0 Å². The number of carboxylic acid groups (broad SMARTS) is 1. The van der Waals surface area contributed by atoms with E-state index in [9.17, 15) is 4.79 Å². The average molecular weight is 240 g/mol. The van der Waals surface area contributed by atoms with Crippen LogP contribution in [-0.4, -0.2) is 30.4 Å². The lowest BCUT2D eigenvalue weighted by atomic mass is 10.1. The molecule has 1 N–H and O–H groups in total. The largest absolute Gasteiger partial charge is 0.478 e. The first kappa shape index (κ1) is 12.1. The summed E-state index contributed by atoms with van der Waals surface area (Å²) in [5, 5.41) is 8.86. The van der Waals surface area contributed by atoms with Crippen LogP contribution >= 0.6 is 0 Å². The van der Waals surface area contributed by atoms with Crippen LogP contribution in [0, 0.1) is 0 Å². The predicted molar refractivity (Wildman–Crippen MR) is 58.9 cm³/mol. The highest BCUT2D eigenvalue weighted by Gasteiger charge is 2.16. The second kappa shape index (κ2) is 5.84. The molecule has 0 aromatic carbocycles. The van der Waals surface area contributed by atoms with Crippen LogP contribution in [0.2, 0.25) is 0 Å². The lowest BCUT2D eigenvalue weighted by molar-refractivity contribution is -0.0473. The van der Waals surface area contributed by atoms with Gasteiger partial charge in [0.05, 0.1) is 19.0 Å². The molecule has 1 aliphatic heterocycles. The van der Waals surface area contributed by atoms with E-state index in [4.69, 9.17) is 19.0 Å². The van der Waals surface area contributed by atoms with Crippen LogP contribution in [-0.2, 0) is 16.1 Å². The van der Waals surface area contributed by atoms with Gasteiger partial charge in [0.25, 0.3) is 0 Å². The monoisotopic (exact) mass is 240 g/mol. The normalized spacial score (nSPS) is 20.4. The summed E-state index contributed by atoms with van der Waals surface area (Å²) in [6.07, 6.45) is 4.77. The molecule has 17 heavy (non-hydrogen) atoms. The molecule has 1 unspecified atom stereocenters. The Bertz CT molecular complexity index is 365. The fourth-order valence-corrected chi connectivity index (χ4v) is 1.86. The number of carboxylic acids is 1. The maximum atomic E-state index is 10.8. The molecule has 0 aliphatic carbocycles. The molecule has 0 radical (unpaired) electrons. The molecule has 0 saturated carbocycles. The van der Waals surface area contributed by atoms with Crippen molar-refractivity contribution in [2.45, 2.75) is 32.0 Å². The molecule has 2 rings (SSSR count). The number of furan rings is 1. The number of carbonyl (C=O) groups is 1. The SMILES string of the molecule is O=C(O)c1ccoc1COCC1CCCCO1. The highest BCUT2D eigenvalue weighted by molar-refractivity contribution is 5.88. The minimum atomic E-state index is -0.994. The molecular weight excluding hydrogens is 224 g/mol. The van der Waals surface area contributed by atoms with Crippen LogP contribution in [0.5, 0.6) is 0 Å². The van der Waals surface area contributed by atoms with E-state index >= 15 is 0 Å². The summed E-state index contributed by atoms with van der Waals surface area (Å²) < 4.78 is 16.0. The number of aromatic carboxylic acids is 1. The van der Waals surface area contributed by atoms with Crippen molar-refractivity contribution in [3.8, 4) is 0 Å². The zero-order valence-corrected chi connectivity index (χ0v) is 9.55. The Morgan fingerprint density at radius 1 is 1.53 bits per heavy atom. The minimum absolute atomic E-state index is 0.131. The Kier molecular flexibility index (Phi) is 4.17. The molecule has 5 heteroatoms. The molecule has 1 fully saturated rings. The molecular formula is C12H16O5. The predicted octanol–water partition coefficient (Wildman–Crippen LogP) is 2.06. The van der Waals surface area contributed by atoms with Crippen molar-refractivity contribution in [1.29, 1.82) is 0 Å². The van der Waals surface area contributed by atoms with Gasteiger partial charge in [0.15, 0.2) is 0 Å². The number of rotatable bonds is 5. The second-order valence-electron chi connectivity index (χ2n) is 4.07. The standard InChI is InChI=1S/C12H16O5/c13-12(14)10-4-6-17-11(10)8-15-7-9-3-1-2-5-16-9/h4,6,9H,1-3,5,7-8H2,(H,13,14). The van der Waals surface area contributed by atoms with E-state index in [1.807, 2.05) is 0 Å². The van der Waals surface area contributed by atoms with Gasteiger partial charge >= 0.3 is 5.97 Å². The number of ether oxygens (including phenoxy) is 2. The Morgan fingerprint density at radius 3 is 3.12 bits per heavy atom. The molecule has 94 valence electrons. The Morgan fingerprint density at radius 2 is 2.41 bits per heavy atom. The van der Waals surface area contributed by atoms with E-state index in [0.717, 1.165) is 25.9 Å². The van der Waals surface area contributed by atoms with Gasteiger partial charge in [-0.2, -0.15) is 0 Å². The van der Waals surface area contributed by atoms with Gasteiger partial charge in [-0.05, 0) is 25.3 Å². The Hall–Kier alpha value is -1.33. The van der Waals surface area contributed by atoms with Crippen molar-refractivity contribution in [3.05, 3.63) is 23.7 Å². The molecule has 1 saturated heterocycles. The van der Waals surface area contributed by atoms with Crippen molar-refractivity contribution >= 4 is 5.97 Å². The first-order valence-corrected chi connectivity index (χ1v) is 5.76. The van der Waals surface area contributed by atoms with Crippen LogP contribution in [0.1, 0.15) is 35.4 Å². The van der Waals surface area contributed by atoms with E-state index in [-0.39, 0.29) is 18.3 Å². The quantitative estimate of drug-likeness (QED) is 0.853. The summed E-state index contributed by atoms with van der Waals surface area (Å²) in [7, 11) is 0. The van der Waals surface area contributed by atoms with Gasteiger partial charge in [-0.3, -0.25) is 0 Å². The summed E-state index contributed by atoms with van der Waals surface area (Å²) in [6.45, 7) is 1.45. The fraction of sp³-hybridized carbons (Fsp3) is 0.583. The summed E-state index contributed by atoms with van der Waals surface area (Å²) in [5.74, 6) is -0.639. The van der Waals surface area contributed by atoms with Crippen LogP contribution in [0.25, 0.3) is 0 Å². The zero-order chi connectivity index (χ0) is 12.1. The lowest BCUT2D eigenvalue weighted by Gasteiger charge is -2.22. The first-order valence-electron chi connectivity index (χ1n) is 5.76. The lowest BCUT2D eigenvalue weighted by Crippen LogP contribution is -2.24. The fourth-order valence-electron chi connectivity index (χ4n) is 1.86. The van der Waals surface area contributed by atoms with Gasteiger partial charge < -0.3 is 19.0 Å². The molecule has 1 atom stereocenters. The summed E-state index contributed by atoms with van der Waals surface area (Å²) in [5.41, 5.74) is 0.162. The Balaban J connectivity index is 1.77. The number of hydrogen-bond acceptors (Lipinski definition) is 4. The second-order valence-corrected chi connectivity index (χ2v) is 4.07. The van der Waals surface area contributed by atoms with Crippen LogP contribution < -0.4 is 0 Å². The summed E-state index contributed by atoms with van der Waals surface area (Å²) in [6, 6.07) is 1.43. The zero-order valence-electron chi connectivity index (χ0n) is 9.55. The van der Waals surface area contributed by atoms with Gasteiger partial charge in [-0.15, -0.1) is 0 Å².